The zero-order valence-corrected chi connectivity index (χ0v) is 12.7. The smallest absolute Gasteiger partial charge is 0.265 e. The van der Waals surface area contributed by atoms with Gasteiger partial charge in [-0.1, -0.05) is 0 Å². The summed E-state index contributed by atoms with van der Waals surface area (Å²) in [5.41, 5.74) is 4.85. The highest BCUT2D eigenvalue weighted by Crippen LogP contribution is 2.24. The van der Waals surface area contributed by atoms with E-state index in [-0.39, 0.29) is 5.91 Å². The van der Waals surface area contributed by atoms with Crippen LogP contribution in [-0.4, -0.2) is 10.9 Å². The zero-order chi connectivity index (χ0) is 14.2. The van der Waals surface area contributed by atoms with E-state index < -0.39 is 0 Å². The maximum Gasteiger partial charge on any atom is 0.265 e. The van der Waals surface area contributed by atoms with Crippen LogP contribution in [0, 0.1) is 34.6 Å². The minimum absolute atomic E-state index is 0.0574. The van der Waals surface area contributed by atoms with E-state index in [1.54, 1.807) is 0 Å². The lowest BCUT2D eigenvalue weighted by molar-refractivity contribution is 0.103. The normalized spacial score (nSPS) is 10.6. The second-order valence-electron chi connectivity index (χ2n) is 4.84. The molecule has 0 bridgehead atoms. The molecule has 0 aliphatic rings. The molecule has 2 aromatic heterocycles. The van der Waals surface area contributed by atoms with Crippen molar-refractivity contribution in [2.45, 2.75) is 34.6 Å². The first-order chi connectivity index (χ1) is 8.88. The van der Waals surface area contributed by atoms with Crippen LogP contribution in [0.3, 0.4) is 0 Å². The number of amides is 1. The Morgan fingerprint density at radius 1 is 1.11 bits per heavy atom. The van der Waals surface area contributed by atoms with Gasteiger partial charge in [0.05, 0.1) is 16.3 Å². The van der Waals surface area contributed by atoms with Crippen molar-refractivity contribution in [1.29, 1.82) is 0 Å². The molecule has 1 N–H and O–H groups in total. The Labute approximate surface area is 117 Å². The lowest BCUT2D eigenvalue weighted by Crippen LogP contribution is -2.13. The largest absolute Gasteiger partial charge is 0.319 e. The van der Waals surface area contributed by atoms with Crippen molar-refractivity contribution in [2.24, 2.45) is 0 Å². The van der Waals surface area contributed by atoms with Gasteiger partial charge in [0, 0.05) is 10.6 Å². The van der Waals surface area contributed by atoms with Gasteiger partial charge in [-0.2, -0.15) is 0 Å². The Kier molecular flexibility index (Phi) is 3.71. The number of carbonyl (C=O) groups excluding carboxylic acids is 1. The average Bonchev–Trinajstić information content (AvgIpc) is 2.64. The van der Waals surface area contributed by atoms with Crippen LogP contribution in [0.2, 0.25) is 0 Å². The fourth-order valence-corrected chi connectivity index (χ4v) is 3.00. The van der Waals surface area contributed by atoms with E-state index in [0.717, 1.165) is 33.1 Å². The van der Waals surface area contributed by atoms with E-state index >= 15 is 0 Å². The van der Waals surface area contributed by atoms with Gasteiger partial charge >= 0.3 is 0 Å². The summed E-state index contributed by atoms with van der Waals surface area (Å²) < 4.78 is 0. The summed E-state index contributed by atoms with van der Waals surface area (Å²) in [7, 11) is 0. The van der Waals surface area contributed by atoms with Crippen molar-refractivity contribution in [3.05, 3.63) is 44.4 Å². The van der Waals surface area contributed by atoms with Crippen LogP contribution in [0.4, 0.5) is 5.69 Å². The fourth-order valence-electron chi connectivity index (χ4n) is 2.07. The first kappa shape index (κ1) is 13.7. The van der Waals surface area contributed by atoms with E-state index in [9.17, 15) is 4.79 Å². The molecule has 0 saturated carbocycles. The number of nitrogens with zero attached hydrogens (tertiary/aromatic N) is 1. The van der Waals surface area contributed by atoms with Gasteiger partial charge in [0.25, 0.3) is 5.91 Å². The van der Waals surface area contributed by atoms with E-state index in [1.165, 1.54) is 16.2 Å². The van der Waals surface area contributed by atoms with Gasteiger partial charge in [0.1, 0.15) is 0 Å². The Balaban J connectivity index is 2.29. The molecule has 2 rings (SSSR count). The molecule has 0 unspecified atom stereocenters. The molecule has 2 aromatic rings. The van der Waals surface area contributed by atoms with E-state index in [1.807, 2.05) is 46.8 Å². The predicted molar refractivity (Wildman–Crippen MR) is 80.2 cm³/mol. The molecule has 19 heavy (non-hydrogen) atoms. The summed E-state index contributed by atoms with van der Waals surface area (Å²) >= 11 is 1.52. The molecular weight excluding hydrogens is 256 g/mol. The molecule has 3 nitrogen and oxygen atoms in total. The van der Waals surface area contributed by atoms with Gasteiger partial charge in [0.15, 0.2) is 0 Å². The number of hydrogen-bond donors (Lipinski definition) is 1. The number of anilines is 1. The number of hydrogen-bond acceptors (Lipinski definition) is 3. The third kappa shape index (κ3) is 2.84. The number of aromatic nitrogens is 1. The van der Waals surface area contributed by atoms with Crippen molar-refractivity contribution >= 4 is 22.9 Å². The molecule has 0 fully saturated rings. The summed E-state index contributed by atoms with van der Waals surface area (Å²) in [6, 6.07) is 3.91. The van der Waals surface area contributed by atoms with Gasteiger partial charge in [-0.15, -0.1) is 11.3 Å². The highest BCUT2D eigenvalue weighted by atomic mass is 32.1. The number of thiophene rings is 1. The van der Waals surface area contributed by atoms with Gasteiger partial charge < -0.3 is 5.32 Å². The van der Waals surface area contributed by atoms with Crippen LogP contribution < -0.4 is 5.32 Å². The van der Waals surface area contributed by atoms with Crippen molar-refractivity contribution in [3.63, 3.8) is 0 Å². The molecule has 0 radical (unpaired) electrons. The summed E-state index contributed by atoms with van der Waals surface area (Å²) in [5.74, 6) is -0.0574. The monoisotopic (exact) mass is 274 g/mol. The van der Waals surface area contributed by atoms with Crippen LogP contribution in [0.25, 0.3) is 0 Å². The summed E-state index contributed by atoms with van der Waals surface area (Å²) in [5, 5.41) is 2.97. The Hall–Kier alpha value is -1.68. The number of rotatable bonds is 2. The van der Waals surface area contributed by atoms with Crippen LogP contribution in [0.15, 0.2) is 12.1 Å². The fraction of sp³-hybridized carbons (Fsp3) is 0.333. The number of aryl methyl sites for hydroxylation is 5. The van der Waals surface area contributed by atoms with Crippen LogP contribution in [0.5, 0.6) is 0 Å². The molecule has 0 aromatic carbocycles. The molecule has 100 valence electrons. The van der Waals surface area contributed by atoms with Gasteiger partial charge in [0.2, 0.25) is 0 Å². The highest BCUT2D eigenvalue weighted by molar-refractivity contribution is 7.14. The predicted octanol–water partition coefficient (Wildman–Crippen LogP) is 3.94. The number of carbonyl (C=O) groups is 1. The second kappa shape index (κ2) is 5.13. The molecule has 0 aliphatic heterocycles. The van der Waals surface area contributed by atoms with E-state index in [0.29, 0.717) is 0 Å². The molecule has 1 amide bonds. The van der Waals surface area contributed by atoms with E-state index in [4.69, 9.17) is 0 Å². The van der Waals surface area contributed by atoms with Crippen molar-refractivity contribution in [1.82, 2.24) is 4.98 Å². The third-order valence-electron chi connectivity index (χ3n) is 3.15. The van der Waals surface area contributed by atoms with Crippen molar-refractivity contribution < 1.29 is 4.79 Å². The standard InChI is InChI=1S/C15H18N2OS/c1-8-7-13(19-12(8)5)15(18)17-14-9(2)6-10(3)16-11(14)4/h6-7H,1-5H3,(H,17,18). The molecule has 0 saturated heterocycles. The van der Waals surface area contributed by atoms with Crippen molar-refractivity contribution in [3.8, 4) is 0 Å². The van der Waals surface area contributed by atoms with Gasteiger partial charge in [-0.05, 0) is 57.9 Å². The lowest BCUT2D eigenvalue weighted by Gasteiger charge is -2.11. The summed E-state index contributed by atoms with van der Waals surface area (Å²) in [4.78, 5) is 18.6. The SMILES string of the molecule is Cc1cc(C)c(NC(=O)c2cc(C)c(C)s2)c(C)n1. The molecule has 0 aliphatic carbocycles. The van der Waals surface area contributed by atoms with Crippen LogP contribution in [-0.2, 0) is 0 Å². The lowest BCUT2D eigenvalue weighted by atomic mass is 10.1. The first-order valence-electron chi connectivity index (χ1n) is 6.21. The molecule has 0 spiro atoms. The molecular formula is C15H18N2OS. The van der Waals surface area contributed by atoms with Gasteiger partial charge in [-0.3, -0.25) is 9.78 Å². The van der Waals surface area contributed by atoms with Gasteiger partial charge in [-0.25, -0.2) is 0 Å². The second-order valence-corrected chi connectivity index (χ2v) is 6.10. The summed E-state index contributed by atoms with van der Waals surface area (Å²) in [6.07, 6.45) is 0. The first-order valence-corrected chi connectivity index (χ1v) is 7.03. The van der Waals surface area contributed by atoms with Crippen molar-refractivity contribution in [2.75, 3.05) is 5.32 Å². The van der Waals surface area contributed by atoms with Crippen LogP contribution >= 0.6 is 11.3 Å². The highest BCUT2D eigenvalue weighted by Gasteiger charge is 2.13. The Morgan fingerprint density at radius 3 is 2.32 bits per heavy atom. The zero-order valence-electron chi connectivity index (χ0n) is 11.9. The minimum atomic E-state index is -0.0574. The Morgan fingerprint density at radius 2 is 1.79 bits per heavy atom. The number of pyridine rings is 1. The Bertz CT molecular complexity index is 601. The summed E-state index contributed by atoms with van der Waals surface area (Å²) in [6.45, 7) is 9.91. The topological polar surface area (TPSA) is 42.0 Å². The molecule has 0 atom stereocenters. The molecule has 2 heterocycles. The van der Waals surface area contributed by atoms with Crippen LogP contribution in [0.1, 0.15) is 37.1 Å². The maximum absolute atomic E-state index is 12.2. The average molecular weight is 274 g/mol. The number of nitrogens with one attached hydrogen (secondary N) is 1. The molecule has 4 heteroatoms. The quantitative estimate of drug-likeness (QED) is 0.901. The minimum Gasteiger partial charge on any atom is -0.319 e. The maximum atomic E-state index is 12.2. The third-order valence-corrected chi connectivity index (χ3v) is 4.31. The van der Waals surface area contributed by atoms with E-state index in [2.05, 4.69) is 10.3 Å².